The molecule has 0 heterocycles. The van der Waals surface area contributed by atoms with E-state index in [9.17, 15) is 9.59 Å². The van der Waals surface area contributed by atoms with Crippen LogP contribution in [0.25, 0.3) is 0 Å². The Bertz CT molecular complexity index is 688. The Kier molecular flexibility index (Phi) is 6.82. The van der Waals surface area contributed by atoms with Gasteiger partial charge in [-0.15, -0.1) is 0 Å². The van der Waals surface area contributed by atoms with Gasteiger partial charge in [-0.1, -0.05) is 54.1 Å². The molecule has 0 spiro atoms. The number of hydrogen-bond acceptors (Lipinski definition) is 2. The molecule has 126 valence electrons. The topological polar surface area (TPSA) is 66.4 Å². The third kappa shape index (κ3) is 6.42. The number of carbonyl (C=O) groups is 2. The number of aliphatic carboxylic acids is 1. The monoisotopic (exact) mass is 345 g/mol. The number of nitrogens with one attached hydrogen (secondary N) is 1. The Labute approximate surface area is 146 Å². The highest BCUT2D eigenvalue weighted by Crippen LogP contribution is 2.12. The fraction of sp³-hybridized carbons (Fsp3) is 0.263. The second-order valence-electron chi connectivity index (χ2n) is 5.69. The van der Waals surface area contributed by atoms with Crippen LogP contribution in [0.4, 0.5) is 0 Å². The van der Waals surface area contributed by atoms with E-state index < -0.39 is 12.0 Å². The molecule has 0 fully saturated rings. The number of aryl methyl sites for hydroxylation is 1. The molecule has 2 aromatic carbocycles. The van der Waals surface area contributed by atoms with Crippen molar-refractivity contribution < 1.29 is 14.7 Å². The van der Waals surface area contributed by atoms with Crippen LogP contribution in [-0.4, -0.2) is 23.0 Å². The fourth-order valence-electron chi connectivity index (χ4n) is 2.53. The van der Waals surface area contributed by atoms with Crippen LogP contribution in [0, 0.1) is 0 Å². The third-order valence-corrected chi connectivity index (χ3v) is 3.90. The lowest BCUT2D eigenvalue weighted by molar-refractivity contribution is -0.137. The predicted octanol–water partition coefficient (Wildman–Crippen LogP) is 3.47. The molecular formula is C19H20ClNO3. The van der Waals surface area contributed by atoms with Gasteiger partial charge < -0.3 is 10.4 Å². The Morgan fingerprint density at radius 1 is 1.04 bits per heavy atom. The van der Waals surface area contributed by atoms with Crippen LogP contribution in [0.3, 0.4) is 0 Å². The highest BCUT2D eigenvalue weighted by atomic mass is 35.5. The van der Waals surface area contributed by atoms with Crippen LogP contribution in [0.1, 0.15) is 24.0 Å². The average molecular weight is 346 g/mol. The summed E-state index contributed by atoms with van der Waals surface area (Å²) in [5.74, 6) is -1.12. The van der Waals surface area contributed by atoms with Gasteiger partial charge in [-0.3, -0.25) is 9.59 Å². The van der Waals surface area contributed by atoms with Gasteiger partial charge in [0.05, 0.1) is 12.8 Å². The molecule has 2 rings (SSSR count). The van der Waals surface area contributed by atoms with Crippen LogP contribution in [-0.2, 0) is 22.4 Å². The number of carbonyl (C=O) groups excluding carboxylic acids is 1. The second kappa shape index (κ2) is 9.08. The highest BCUT2D eigenvalue weighted by molar-refractivity contribution is 6.30. The van der Waals surface area contributed by atoms with Crippen molar-refractivity contribution in [1.29, 1.82) is 0 Å². The van der Waals surface area contributed by atoms with E-state index in [1.54, 1.807) is 18.2 Å². The molecule has 0 aliphatic rings. The van der Waals surface area contributed by atoms with Gasteiger partial charge >= 0.3 is 5.97 Å². The molecule has 0 saturated heterocycles. The maximum Gasteiger partial charge on any atom is 0.305 e. The zero-order chi connectivity index (χ0) is 17.4. The first-order valence-corrected chi connectivity index (χ1v) is 8.20. The molecule has 1 atom stereocenters. The number of hydrogen-bond donors (Lipinski definition) is 2. The zero-order valence-corrected chi connectivity index (χ0v) is 14.0. The van der Waals surface area contributed by atoms with Crippen molar-refractivity contribution >= 4 is 23.5 Å². The minimum atomic E-state index is -0.920. The van der Waals surface area contributed by atoms with E-state index in [4.69, 9.17) is 16.7 Å². The summed E-state index contributed by atoms with van der Waals surface area (Å²) in [5, 5.41) is 12.5. The second-order valence-corrected chi connectivity index (χ2v) is 6.13. The molecule has 0 radical (unpaired) electrons. The molecule has 0 unspecified atom stereocenters. The van der Waals surface area contributed by atoms with Gasteiger partial charge in [0.25, 0.3) is 0 Å². The van der Waals surface area contributed by atoms with E-state index in [0.29, 0.717) is 11.4 Å². The van der Waals surface area contributed by atoms with Crippen molar-refractivity contribution in [3.05, 3.63) is 70.7 Å². The molecule has 1 amide bonds. The van der Waals surface area contributed by atoms with Crippen molar-refractivity contribution in [2.45, 2.75) is 31.7 Å². The fourth-order valence-corrected chi connectivity index (χ4v) is 2.75. The quantitative estimate of drug-likeness (QED) is 0.769. The minimum Gasteiger partial charge on any atom is -0.481 e. The summed E-state index contributed by atoms with van der Waals surface area (Å²) >= 11 is 5.91. The van der Waals surface area contributed by atoms with Gasteiger partial charge in [-0.05, 0) is 36.1 Å². The number of carboxylic acid groups (broad SMARTS) is 1. The van der Waals surface area contributed by atoms with Gasteiger partial charge in [-0.25, -0.2) is 0 Å². The Balaban J connectivity index is 1.92. The van der Waals surface area contributed by atoms with Crippen molar-refractivity contribution in [2.24, 2.45) is 0 Å². The predicted molar refractivity (Wildman–Crippen MR) is 94.1 cm³/mol. The van der Waals surface area contributed by atoms with Crippen LogP contribution in [0.5, 0.6) is 0 Å². The maximum absolute atomic E-state index is 12.2. The first kappa shape index (κ1) is 18.0. The summed E-state index contributed by atoms with van der Waals surface area (Å²) in [7, 11) is 0. The minimum absolute atomic E-state index is 0.0892. The van der Waals surface area contributed by atoms with Gasteiger partial charge in [0.2, 0.25) is 5.91 Å². The SMILES string of the molecule is O=C(O)C[C@@H](CCc1ccccc1)NC(=O)Cc1cccc(Cl)c1. The smallest absolute Gasteiger partial charge is 0.305 e. The summed E-state index contributed by atoms with van der Waals surface area (Å²) in [6.45, 7) is 0. The maximum atomic E-state index is 12.2. The number of benzene rings is 2. The van der Waals surface area contributed by atoms with Gasteiger partial charge in [0.15, 0.2) is 0 Å². The van der Waals surface area contributed by atoms with Crippen LogP contribution in [0.2, 0.25) is 5.02 Å². The molecule has 0 aliphatic carbocycles. The van der Waals surface area contributed by atoms with E-state index in [-0.39, 0.29) is 18.7 Å². The molecule has 5 heteroatoms. The lowest BCUT2D eigenvalue weighted by atomic mass is 10.0. The first-order valence-electron chi connectivity index (χ1n) is 7.82. The van der Waals surface area contributed by atoms with Gasteiger partial charge in [-0.2, -0.15) is 0 Å². The van der Waals surface area contributed by atoms with E-state index in [0.717, 1.165) is 17.5 Å². The summed E-state index contributed by atoms with van der Waals surface area (Å²) in [5.41, 5.74) is 1.93. The Morgan fingerprint density at radius 2 is 1.75 bits per heavy atom. The van der Waals surface area contributed by atoms with Crippen LogP contribution >= 0.6 is 11.6 Å². The molecule has 0 aromatic heterocycles. The lowest BCUT2D eigenvalue weighted by Gasteiger charge is -2.17. The molecule has 2 aromatic rings. The van der Waals surface area contributed by atoms with Crippen molar-refractivity contribution in [1.82, 2.24) is 5.32 Å². The summed E-state index contributed by atoms with van der Waals surface area (Å²) < 4.78 is 0. The number of halogens is 1. The highest BCUT2D eigenvalue weighted by Gasteiger charge is 2.16. The van der Waals surface area contributed by atoms with Crippen molar-refractivity contribution in [3.8, 4) is 0 Å². The van der Waals surface area contributed by atoms with E-state index in [1.807, 2.05) is 36.4 Å². The average Bonchev–Trinajstić information content (AvgIpc) is 2.53. The number of amides is 1. The molecule has 24 heavy (non-hydrogen) atoms. The van der Waals surface area contributed by atoms with Crippen molar-refractivity contribution in [2.75, 3.05) is 0 Å². The van der Waals surface area contributed by atoms with E-state index >= 15 is 0 Å². The Morgan fingerprint density at radius 3 is 2.42 bits per heavy atom. The standard InChI is InChI=1S/C19H20ClNO3/c20-16-8-4-7-15(11-16)12-18(22)21-17(13-19(23)24)10-9-14-5-2-1-3-6-14/h1-8,11,17H,9-10,12-13H2,(H,21,22)(H,23,24)/t17-/m1/s1. The summed E-state index contributed by atoms with van der Waals surface area (Å²) in [6, 6.07) is 16.5. The third-order valence-electron chi connectivity index (χ3n) is 3.66. The normalized spacial score (nSPS) is 11.7. The van der Waals surface area contributed by atoms with E-state index in [1.165, 1.54) is 0 Å². The Hall–Kier alpha value is -2.33. The number of carboxylic acids is 1. The van der Waals surface area contributed by atoms with Crippen molar-refractivity contribution in [3.63, 3.8) is 0 Å². The lowest BCUT2D eigenvalue weighted by Crippen LogP contribution is -2.37. The van der Waals surface area contributed by atoms with Crippen LogP contribution < -0.4 is 5.32 Å². The van der Waals surface area contributed by atoms with E-state index in [2.05, 4.69) is 5.32 Å². The molecule has 2 N–H and O–H groups in total. The molecule has 0 aliphatic heterocycles. The molecular weight excluding hydrogens is 326 g/mol. The summed E-state index contributed by atoms with van der Waals surface area (Å²) in [6.07, 6.45) is 1.39. The summed E-state index contributed by atoms with van der Waals surface area (Å²) in [4.78, 5) is 23.2. The van der Waals surface area contributed by atoms with Gasteiger partial charge in [0, 0.05) is 11.1 Å². The molecule has 4 nitrogen and oxygen atoms in total. The van der Waals surface area contributed by atoms with Gasteiger partial charge in [0.1, 0.15) is 0 Å². The molecule has 0 saturated carbocycles. The van der Waals surface area contributed by atoms with Crippen LogP contribution in [0.15, 0.2) is 54.6 Å². The largest absolute Gasteiger partial charge is 0.481 e. The molecule has 0 bridgehead atoms. The zero-order valence-electron chi connectivity index (χ0n) is 13.2. The first-order chi connectivity index (χ1) is 11.5. The number of rotatable bonds is 8.